The minimum Gasteiger partial charge on any atom is -0.495 e. The van der Waals surface area contributed by atoms with Gasteiger partial charge < -0.3 is 4.74 Å². The molecule has 0 N–H and O–H groups in total. The highest BCUT2D eigenvalue weighted by Gasteiger charge is 1.80. The normalized spacial score (nSPS) is 9.62. The zero-order valence-corrected chi connectivity index (χ0v) is 4.53. The van der Waals surface area contributed by atoms with Crippen LogP contribution in [0.25, 0.3) is 0 Å². The predicted octanol–water partition coefficient (Wildman–Crippen LogP) is 0.771. The van der Waals surface area contributed by atoms with E-state index >= 15 is 0 Å². The van der Waals surface area contributed by atoms with E-state index in [9.17, 15) is 10.1 Å². The van der Waals surface area contributed by atoms with E-state index in [1.54, 1.807) is 6.92 Å². The number of nitrogens with zero attached hydrogens (tertiary/aromatic N) is 1. The molecule has 0 atom stereocenters. The van der Waals surface area contributed by atoms with Gasteiger partial charge in [-0.15, -0.1) is 0 Å². The fourth-order valence-corrected chi connectivity index (χ4v) is 0.189. The summed E-state index contributed by atoms with van der Waals surface area (Å²) in [5.74, 6) is 0. The van der Waals surface area contributed by atoms with Gasteiger partial charge >= 0.3 is 0 Å². The van der Waals surface area contributed by atoms with Crippen LogP contribution in [0.3, 0.4) is 0 Å². The van der Waals surface area contributed by atoms with Crippen molar-refractivity contribution in [2.75, 3.05) is 6.61 Å². The fraction of sp³-hybridized carbons (Fsp3) is 0.500. The predicted molar refractivity (Wildman–Crippen MR) is 27.8 cm³/mol. The Kier molecular flexibility index (Phi) is 3.56. The summed E-state index contributed by atoms with van der Waals surface area (Å²) < 4.78 is 4.52. The van der Waals surface area contributed by atoms with Gasteiger partial charge in [0.05, 0.1) is 11.5 Å². The Balaban J connectivity index is 3.20. The first-order valence-electron chi connectivity index (χ1n) is 2.19. The number of hydrogen-bond acceptors (Lipinski definition) is 3. The minimum atomic E-state index is -0.574. The molecule has 4 heteroatoms. The third-order valence-electron chi connectivity index (χ3n) is 0.445. The van der Waals surface area contributed by atoms with Crippen molar-refractivity contribution in [1.29, 1.82) is 0 Å². The van der Waals surface area contributed by atoms with Gasteiger partial charge in [0.2, 0.25) is 0 Å². The average Bonchev–Trinajstić information content (AvgIpc) is 1.66. The van der Waals surface area contributed by atoms with Crippen molar-refractivity contribution in [3.8, 4) is 0 Å². The van der Waals surface area contributed by atoms with Crippen LogP contribution < -0.4 is 0 Å². The van der Waals surface area contributed by atoms with E-state index in [-0.39, 0.29) is 0 Å². The summed E-state index contributed by atoms with van der Waals surface area (Å²) in [7, 11) is 0. The van der Waals surface area contributed by atoms with Gasteiger partial charge in [-0.25, -0.2) is 0 Å². The van der Waals surface area contributed by atoms with E-state index in [0.29, 0.717) is 6.61 Å². The lowest BCUT2D eigenvalue weighted by molar-refractivity contribution is -0.404. The van der Waals surface area contributed by atoms with E-state index in [2.05, 4.69) is 4.74 Å². The molecule has 46 valence electrons. The van der Waals surface area contributed by atoms with Gasteiger partial charge in [0, 0.05) is 0 Å². The summed E-state index contributed by atoms with van der Waals surface area (Å²) >= 11 is 0. The molecule has 4 nitrogen and oxygen atoms in total. The highest BCUT2D eigenvalue weighted by atomic mass is 16.6. The van der Waals surface area contributed by atoms with Crippen LogP contribution in [-0.4, -0.2) is 11.5 Å². The fourth-order valence-electron chi connectivity index (χ4n) is 0.189. The molecule has 0 aromatic rings. The molecule has 0 radical (unpaired) electrons. The lowest BCUT2D eigenvalue weighted by atomic mass is 10.8. The van der Waals surface area contributed by atoms with Crippen molar-refractivity contribution in [1.82, 2.24) is 0 Å². The van der Waals surface area contributed by atoms with Crippen molar-refractivity contribution < 1.29 is 9.66 Å². The monoisotopic (exact) mass is 117 g/mol. The van der Waals surface area contributed by atoms with Crippen LogP contribution >= 0.6 is 0 Å². The summed E-state index contributed by atoms with van der Waals surface area (Å²) in [5.41, 5.74) is 0. The molecule has 0 aliphatic rings. The molecule has 8 heavy (non-hydrogen) atoms. The molecule has 0 unspecified atom stereocenters. The third kappa shape index (κ3) is 4.94. The summed E-state index contributed by atoms with van der Waals surface area (Å²) in [5, 5.41) is 9.51. The van der Waals surface area contributed by atoms with Crippen LogP contribution in [-0.2, 0) is 4.74 Å². The molecule has 0 heterocycles. The Labute approximate surface area is 46.9 Å². The maximum absolute atomic E-state index is 9.51. The van der Waals surface area contributed by atoms with Crippen LogP contribution in [0.5, 0.6) is 0 Å². The van der Waals surface area contributed by atoms with E-state index in [1.165, 1.54) is 0 Å². The Morgan fingerprint density at radius 1 is 1.88 bits per heavy atom. The van der Waals surface area contributed by atoms with Gasteiger partial charge in [0.1, 0.15) is 0 Å². The zero-order chi connectivity index (χ0) is 6.41. The average molecular weight is 117 g/mol. The van der Waals surface area contributed by atoms with Crippen LogP contribution in [0.4, 0.5) is 0 Å². The zero-order valence-electron chi connectivity index (χ0n) is 4.53. The highest BCUT2D eigenvalue weighted by Crippen LogP contribution is 1.75. The SMILES string of the molecule is CCOC=C[N+](=O)[O-]. The van der Waals surface area contributed by atoms with E-state index < -0.39 is 4.92 Å². The smallest absolute Gasteiger partial charge is 0.268 e. The quantitative estimate of drug-likeness (QED) is 0.311. The van der Waals surface area contributed by atoms with Gasteiger partial charge in [0.15, 0.2) is 6.26 Å². The maximum atomic E-state index is 9.51. The summed E-state index contributed by atoms with van der Waals surface area (Å²) in [6, 6.07) is 0. The highest BCUT2D eigenvalue weighted by molar-refractivity contribution is 4.57. The third-order valence-corrected chi connectivity index (χ3v) is 0.445. The lowest BCUT2D eigenvalue weighted by Crippen LogP contribution is -1.84. The first-order chi connectivity index (χ1) is 3.77. The second-order valence-electron chi connectivity index (χ2n) is 1.03. The molecular weight excluding hydrogens is 110 g/mol. The number of hydrogen-bond donors (Lipinski definition) is 0. The Morgan fingerprint density at radius 2 is 2.50 bits per heavy atom. The molecule has 0 fully saturated rings. The van der Waals surface area contributed by atoms with Gasteiger partial charge in [-0.2, -0.15) is 0 Å². The topological polar surface area (TPSA) is 52.4 Å². The first-order valence-corrected chi connectivity index (χ1v) is 2.19. The van der Waals surface area contributed by atoms with Crippen LogP contribution in [0.15, 0.2) is 12.5 Å². The molecule has 0 aliphatic carbocycles. The van der Waals surface area contributed by atoms with E-state index in [1.807, 2.05) is 0 Å². The molecule has 0 aromatic heterocycles. The molecule has 0 rings (SSSR count). The number of rotatable bonds is 3. The first kappa shape index (κ1) is 6.94. The number of nitro groups is 1. The van der Waals surface area contributed by atoms with E-state index in [4.69, 9.17) is 0 Å². The van der Waals surface area contributed by atoms with Gasteiger partial charge in [-0.1, -0.05) is 0 Å². The summed E-state index contributed by atoms with van der Waals surface area (Å²) in [6.07, 6.45) is 1.81. The van der Waals surface area contributed by atoms with Crippen molar-refractivity contribution in [3.05, 3.63) is 22.6 Å². The summed E-state index contributed by atoms with van der Waals surface area (Å²) in [6.45, 7) is 2.22. The van der Waals surface area contributed by atoms with Crippen molar-refractivity contribution >= 4 is 0 Å². The van der Waals surface area contributed by atoms with E-state index in [0.717, 1.165) is 12.5 Å². The Hall–Kier alpha value is -1.06. The van der Waals surface area contributed by atoms with Crippen LogP contribution in [0, 0.1) is 10.1 Å². The second kappa shape index (κ2) is 4.11. The van der Waals surface area contributed by atoms with Gasteiger partial charge in [-0.05, 0) is 6.92 Å². The van der Waals surface area contributed by atoms with Crippen molar-refractivity contribution in [2.24, 2.45) is 0 Å². The molecule has 0 aromatic carbocycles. The van der Waals surface area contributed by atoms with Gasteiger partial charge in [-0.3, -0.25) is 10.1 Å². The second-order valence-corrected chi connectivity index (χ2v) is 1.03. The Bertz CT molecular complexity index is 99.5. The lowest BCUT2D eigenvalue weighted by Gasteiger charge is -1.86. The standard InChI is InChI=1S/C4H7NO3/c1-2-8-4-3-5(6)7/h3-4H,2H2,1H3. The molecule has 0 saturated heterocycles. The largest absolute Gasteiger partial charge is 0.495 e. The molecule has 0 bridgehead atoms. The molecule has 0 aliphatic heterocycles. The minimum absolute atomic E-state index is 0.463. The van der Waals surface area contributed by atoms with Gasteiger partial charge in [0.25, 0.3) is 6.20 Å². The maximum Gasteiger partial charge on any atom is 0.268 e. The molecule has 0 amide bonds. The van der Waals surface area contributed by atoms with Crippen molar-refractivity contribution in [3.63, 3.8) is 0 Å². The molecular formula is C4H7NO3. The van der Waals surface area contributed by atoms with Crippen molar-refractivity contribution in [2.45, 2.75) is 6.92 Å². The van der Waals surface area contributed by atoms with Crippen LogP contribution in [0.2, 0.25) is 0 Å². The molecule has 0 saturated carbocycles. The summed E-state index contributed by atoms with van der Waals surface area (Å²) in [4.78, 5) is 8.94. The number of ether oxygens (including phenoxy) is 1. The Morgan fingerprint density at radius 3 is 2.88 bits per heavy atom. The molecule has 0 spiro atoms. The van der Waals surface area contributed by atoms with Crippen LogP contribution in [0.1, 0.15) is 6.92 Å².